The molecule has 0 fully saturated rings. The molecule has 102 valence electrons. The number of para-hydroxylation sites is 1. The van der Waals surface area contributed by atoms with Crippen molar-refractivity contribution in [1.82, 2.24) is 25.2 Å². The van der Waals surface area contributed by atoms with Crippen LogP contribution in [0.25, 0.3) is 26.7 Å². The average molecular weight is 314 g/mol. The van der Waals surface area contributed by atoms with Gasteiger partial charge in [0.25, 0.3) is 0 Å². The van der Waals surface area contributed by atoms with Gasteiger partial charge in [-0.05, 0) is 46.8 Å². The zero-order valence-electron chi connectivity index (χ0n) is 10.6. The number of hydrogen-bond acceptors (Lipinski definition) is 5. The highest BCUT2D eigenvalue weighted by molar-refractivity contribution is 7.20. The highest BCUT2D eigenvalue weighted by Gasteiger charge is 2.14. The molecule has 0 N–H and O–H groups in total. The van der Waals surface area contributed by atoms with Gasteiger partial charge in [0.2, 0.25) is 5.13 Å². The van der Waals surface area contributed by atoms with Crippen LogP contribution in [0.4, 0.5) is 0 Å². The molecular formula is C14H8ClN5S. The van der Waals surface area contributed by atoms with E-state index in [9.17, 15) is 0 Å². The normalized spacial score (nSPS) is 11.1. The second-order valence-corrected chi connectivity index (χ2v) is 5.83. The van der Waals surface area contributed by atoms with E-state index in [1.54, 1.807) is 16.0 Å². The third kappa shape index (κ3) is 2.18. The Kier molecular flexibility index (Phi) is 2.90. The van der Waals surface area contributed by atoms with Crippen molar-refractivity contribution in [3.8, 4) is 16.5 Å². The molecule has 2 heterocycles. The molecule has 0 bridgehead atoms. The number of benzene rings is 2. The lowest BCUT2D eigenvalue weighted by Crippen LogP contribution is -1.98. The van der Waals surface area contributed by atoms with Crippen LogP contribution in [0.1, 0.15) is 0 Å². The Labute approximate surface area is 128 Å². The zero-order valence-corrected chi connectivity index (χ0v) is 12.2. The van der Waals surface area contributed by atoms with E-state index in [1.807, 2.05) is 48.5 Å². The molecule has 4 aromatic rings. The van der Waals surface area contributed by atoms with Gasteiger partial charge in [0.05, 0.1) is 10.2 Å². The van der Waals surface area contributed by atoms with Gasteiger partial charge in [0.15, 0.2) is 5.82 Å². The topological polar surface area (TPSA) is 56.5 Å². The molecule has 0 aliphatic carbocycles. The summed E-state index contributed by atoms with van der Waals surface area (Å²) in [6, 6.07) is 15.4. The van der Waals surface area contributed by atoms with Crippen molar-refractivity contribution < 1.29 is 0 Å². The summed E-state index contributed by atoms with van der Waals surface area (Å²) in [5, 5.41) is 13.3. The van der Waals surface area contributed by atoms with E-state index in [1.165, 1.54) is 0 Å². The van der Waals surface area contributed by atoms with E-state index in [2.05, 4.69) is 20.5 Å². The Morgan fingerprint density at radius 2 is 1.81 bits per heavy atom. The minimum absolute atomic E-state index is 0.644. The first-order chi connectivity index (χ1) is 10.3. The van der Waals surface area contributed by atoms with Crippen molar-refractivity contribution in [2.45, 2.75) is 0 Å². The van der Waals surface area contributed by atoms with Gasteiger partial charge in [-0.1, -0.05) is 35.1 Å². The van der Waals surface area contributed by atoms with E-state index >= 15 is 0 Å². The molecule has 5 nitrogen and oxygen atoms in total. The van der Waals surface area contributed by atoms with E-state index in [0.29, 0.717) is 10.8 Å². The molecule has 2 aromatic heterocycles. The minimum atomic E-state index is 0.644. The minimum Gasteiger partial charge on any atom is -0.218 e. The predicted molar refractivity (Wildman–Crippen MR) is 82.8 cm³/mol. The average Bonchev–Trinajstić information content (AvgIpc) is 3.14. The number of tetrazole rings is 1. The second kappa shape index (κ2) is 4.91. The molecule has 0 aliphatic rings. The summed E-state index contributed by atoms with van der Waals surface area (Å²) in [5.74, 6) is 0.644. The number of halogens is 1. The molecule has 0 amide bonds. The number of fused-ring (bicyclic) bond motifs is 1. The summed E-state index contributed by atoms with van der Waals surface area (Å²) in [5.41, 5.74) is 1.83. The molecule has 0 saturated carbocycles. The molecule has 4 rings (SSSR count). The summed E-state index contributed by atoms with van der Waals surface area (Å²) in [7, 11) is 0. The van der Waals surface area contributed by atoms with Crippen molar-refractivity contribution in [3.05, 3.63) is 53.6 Å². The summed E-state index contributed by atoms with van der Waals surface area (Å²) < 4.78 is 2.75. The maximum absolute atomic E-state index is 5.91. The Bertz CT molecular complexity index is 879. The number of nitrogens with zero attached hydrogens (tertiary/aromatic N) is 5. The Balaban J connectivity index is 1.86. The lowest BCUT2D eigenvalue weighted by molar-refractivity contribution is 0.788. The van der Waals surface area contributed by atoms with Crippen molar-refractivity contribution in [2.24, 2.45) is 0 Å². The number of aromatic nitrogens is 5. The quantitative estimate of drug-likeness (QED) is 0.567. The molecule has 0 aliphatic heterocycles. The maximum Gasteiger partial charge on any atom is 0.215 e. The second-order valence-electron chi connectivity index (χ2n) is 4.39. The predicted octanol–water partition coefficient (Wildman–Crippen LogP) is 3.59. The molecule has 0 saturated heterocycles. The summed E-state index contributed by atoms with van der Waals surface area (Å²) >= 11 is 7.46. The Morgan fingerprint density at radius 1 is 1.00 bits per heavy atom. The monoisotopic (exact) mass is 313 g/mol. The number of rotatable bonds is 2. The Morgan fingerprint density at radius 3 is 2.62 bits per heavy atom. The molecular weight excluding hydrogens is 306 g/mol. The van der Waals surface area contributed by atoms with Crippen molar-refractivity contribution in [2.75, 3.05) is 0 Å². The van der Waals surface area contributed by atoms with Gasteiger partial charge >= 0.3 is 0 Å². The van der Waals surface area contributed by atoms with Crippen LogP contribution in [0.3, 0.4) is 0 Å². The van der Waals surface area contributed by atoms with E-state index in [4.69, 9.17) is 11.6 Å². The van der Waals surface area contributed by atoms with Gasteiger partial charge in [-0.15, -0.1) is 5.10 Å². The summed E-state index contributed by atoms with van der Waals surface area (Å²) in [6.07, 6.45) is 0. The molecule has 0 unspecified atom stereocenters. The fourth-order valence-electron chi connectivity index (χ4n) is 2.05. The fraction of sp³-hybridized carbons (Fsp3) is 0. The SMILES string of the molecule is Clc1ccc(-c2nnnn2-c2nc3ccccc3s2)cc1. The number of hydrogen-bond donors (Lipinski definition) is 0. The van der Waals surface area contributed by atoms with Crippen molar-refractivity contribution in [1.29, 1.82) is 0 Å². The van der Waals surface area contributed by atoms with Crippen LogP contribution in [0.2, 0.25) is 5.02 Å². The first-order valence-corrected chi connectivity index (χ1v) is 7.41. The fourth-order valence-corrected chi connectivity index (χ4v) is 3.09. The van der Waals surface area contributed by atoms with Crippen LogP contribution in [0.15, 0.2) is 48.5 Å². The molecule has 21 heavy (non-hydrogen) atoms. The lowest BCUT2D eigenvalue weighted by Gasteiger charge is -2.00. The lowest BCUT2D eigenvalue weighted by atomic mass is 10.2. The van der Waals surface area contributed by atoms with Gasteiger partial charge in [-0.25, -0.2) is 4.98 Å². The van der Waals surface area contributed by atoms with Gasteiger partial charge in [0.1, 0.15) is 0 Å². The van der Waals surface area contributed by atoms with Gasteiger partial charge < -0.3 is 0 Å². The van der Waals surface area contributed by atoms with Crippen molar-refractivity contribution in [3.63, 3.8) is 0 Å². The summed E-state index contributed by atoms with van der Waals surface area (Å²) in [4.78, 5) is 4.57. The van der Waals surface area contributed by atoms with Gasteiger partial charge in [-0.3, -0.25) is 0 Å². The maximum atomic E-state index is 5.91. The van der Waals surface area contributed by atoms with Gasteiger partial charge in [-0.2, -0.15) is 4.68 Å². The van der Waals surface area contributed by atoms with Crippen LogP contribution in [0, 0.1) is 0 Å². The van der Waals surface area contributed by atoms with Crippen LogP contribution >= 0.6 is 22.9 Å². The largest absolute Gasteiger partial charge is 0.218 e. The standard InChI is InChI=1S/C14H8ClN5S/c15-10-7-5-9(6-8-10)13-17-18-19-20(13)14-16-11-3-1-2-4-12(11)21-14/h1-8H. The van der Waals surface area contributed by atoms with E-state index in [0.717, 1.165) is 20.9 Å². The molecule has 0 radical (unpaired) electrons. The number of thiazole rings is 1. The highest BCUT2D eigenvalue weighted by Crippen LogP contribution is 2.27. The molecule has 0 atom stereocenters. The third-order valence-electron chi connectivity index (χ3n) is 3.04. The first kappa shape index (κ1) is 12.4. The molecule has 7 heteroatoms. The van der Waals surface area contributed by atoms with Crippen molar-refractivity contribution >= 4 is 33.2 Å². The smallest absolute Gasteiger partial charge is 0.215 e. The zero-order chi connectivity index (χ0) is 14.2. The first-order valence-electron chi connectivity index (χ1n) is 6.21. The van der Waals surface area contributed by atoms with Crippen LogP contribution in [-0.2, 0) is 0 Å². The Hall–Kier alpha value is -2.31. The van der Waals surface area contributed by atoms with E-state index < -0.39 is 0 Å². The highest BCUT2D eigenvalue weighted by atomic mass is 35.5. The van der Waals surface area contributed by atoms with E-state index in [-0.39, 0.29) is 0 Å². The van der Waals surface area contributed by atoms with Crippen LogP contribution < -0.4 is 0 Å². The van der Waals surface area contributed by atoms with Gasteiger partial charge in [0, 0.05) is 10.6 Å². The molecule has 2 aromatic carbocycles. The molecule has 0 spiro atoms. The van der Waals surface area contributed by atoms with Crippen LogP contribution in [0.5, 0.6) is 0 Å². The summed E-state index contributed by atoms with van der Waals surface area (Å²) in [6.45, 7) is 0. The third-order valence-corrected chi connectivity index (χ3v) is 4.30. The van der Waals surface area contributed by atoms with Crippen LogP contribution in [-0.4, -0.2) is 25.2 Å².